The Balaban J connectivity index is 1.77. The molecule has 1 radical (unpaired) electrons. The Kier molecular flexibility index (Phi) is 5.31. The average Bonchev–Trinajstić information content (AvgIpc) is 3.51. The monoisotopic (exact) mass is 465 g/mol. The molecule has 0 fully saturated rings. The van der Waals surface area contributed by atoms with Gasteiger partial charge in [-0.25, -0.2) is 0 Å². The third-order valence-electron chi connectivity index (χ3n) is 7.14. The van der Waals surface area contributed by atoms with Crippen molar-refractivity contribution >= 4 is 25.3 Å². The van der Waals surface area contributed by atoms with Crippen LogP contribution in [0.5, 0.6) is 0 Å². The summed E-state index contributed by atoms with van der Waals surface area (Å²) in [5.74, 6) is 0. The van der Waals surface area contributed by atoms with Crippen LogP contribution in [0, 0.1) is 10.4 Å². The minimum Gasteiger partial charge on any atom is -0.0808 e. The smallest absolute Gasteiger partial charge is 0.0772 e. The zero-order valence-corrected chi connectivity index (χ0v) is 21.6. The summed E-state index contributed by atoms with van der Waals surface area (Å²) in [4.78, 5) is 0. The molecule has 4 aromatic carbocycles. The number of allylic oxidation sites excluding steroid dienone is 4. The number of rotatable bonds is 4. The Morgan fingerprint density at radius 1 is 0.686 bits per heavy atom. The van der Waals surface area contributed by atoms with Crippen LogP contribution in [0.15, 0.2) is 114 Å². The van der Waals surface area contributed by atoms with Gasteiger partial charge in [0.1, 0.15) is 0 Å². The minimum atomic E-state index is -1.40. The molecule has 4 aromatic rings. The van der Waals surface area contributed by atoms with Gasteiger partial charge in [0.05, 0.1) is 8.07 Å². The van der Waals surface area contributed by atoms with E-state index in [4.69, 9.17) is 0 Å². The molecular formula is C34H29Si. The summed E-state index contributed by atoms with van der Waals surface area (Å²) in [6.45, 7) is 7.32. The Bertz CT molecular complexity index is 1670. The molecule has 0 aromatic heterocycles. The van der Waals surface area contributed by atoms with Crippen LogP contribution >= 0.6 is 0 Å². The van der Waals surface area contributed by atoms with Gasteiger partial charge in [0.2, 0.25) is 0 Å². The van der Waals surface area contributed by atoms with Gasteiger partial charge in [-0.15, -0.1) is 0 Å². The molecular weight excluding hydrogens is 436 g/mol. The highest BCUT2D eigenvalue weighted by molar-refractivity contribution is 6.84. The van der Waals surface area contributed by atoms with Gasteiger partial charge in [0.15, 0.2) is 0 Å². The molecule has 0 heterocycles. The van der Waals surface area contributed by atoms with Gasteiger partial charge < -0.3 is 0 Å². The lowest BCUT2D eigenvalue weighted by Gasteiger charge is -2.17. The molecule has 0 nitrogen and oxygen atoms in total. The average molecular weight is 466 g/mol. The van der Waals surface area contributed by atoms with Crippen molar-refractivity contribution in [3.05, 3.63) is 158 Å². The van der Waals surface area contributed by atoms with E-state index in [1.165, 1.54) is 54.3 Å². The SMILES string of the molecule is C[Si](C)(C)C1=CCC(c2c3c(ccc2=C(c2ccccc2)c2ccccc2)=c2ccccc2=[C]3)=C1. The summed E-state index contributed by atoms with van der Waals surface area (Å²) in [5.41, 5.74) is 7.76. The van der Waals surface area contributed by atoms with Crippen molar-refractivity contribution in [2.75, 3.05) is 0 Å². The Labute approximate surface area is 208 Å². The van der Waals surface area contributed by atoms with E-state index in [1.807, 2.05) is 0 Å². The molecule has 6 rings (SSSR count). The van der Waals surface area contributed by atoms with Gasteiger partial charge in [-0.3, -0.25) is 0 Å². The normalized spacial score (nSPS) is 14.0. The Morgan fingerprint density at radius 3 is 1.94 bits per heavy atom. The first-order chi connectivity index (χ1) is 17.0. The second-order valence-corrected chi connectivity index (χ2v) is 15.5. The van der Waals surface area contributed by atoms with Crippen molar-refractivity contribution in [1.29, 1.82) is 0 Å². The third-order valence-corrected chi connectivity index (χ3v) is 9.22. The maximum absolute atomic E-state index is 3.81. The second-order valence-electron chi connectivity index (χ2n) is 10.5. The molecule has 0 N–H and O–H groups in total. The van der Waals surface area contributed by atoms with E-state index in [-0.39, 0.29) is 0 Å². The van der Waals surface area contributed by atoms with Crippen molar-refractivity contribution in [2.45, 2.75) is 26.1 Å². The van der Waals surface area contributed by atoms with Gasteiger partial charge in [0, 0.05) is 0 Å². The lowest BCUT2D eigenvalue weighted by Crippen LogP contribution is -2.22. The van der Waals surface area contributed by atoms with Gasteiger partial charge in [0.25, 0.3) is 0 Å². The highest BCUT2D eigenvalue weighted by Gasteiger charge is 2.24. The van der Waals surface area contributed by atoms with Crippen LogP contribution in [0.2, 0.25) is 19.6 Å². The van der Waals surface area contributed by atoms with Crippen molar-refractivity contribution < 1.29 is 0 Å². The predicted molar refractivity (Wildman–Crippen MR) is 151 cm³/mol. The van der Waals surface area contributed by atoms with E-state index < -0.39 is 8.07 Å². The first kappa shape index (κ1) is 21.8. The number of hydrogen-bond donors (Lipinski definition) is 0. The largest absolute Gasteiger partial charge is 0.0808 e. The van der Waals surface area contributed by atoms with Crippen LogP contribution in [-0.2, 0) is 0 Å². The van der Waals surface area contributed by atoms with Crippen LogP contribution in [0.25, 0.3) is 17.2 Å². The second kappa shape index (κ2) is 8.52. The molecule has 0 aliphatic heterocycles. The lowest BCUT2D eigenvalue weighted by atomic mass is 9.88. The molecule has 1 heteroatoms. The maximum atomic E-state index is 3.81. The third kappa shape index (κ3) is 3.86. The van der Waals surface area contributed by atoms with Crippen molar-refractivity contribution in [1.82, 2.24) is 0 Å². The lowest BCUT2D eigenvalue weighted by molar-refractivity contribution is 1.35. The molecule has 2 aliphatic rings. The zero-order chi connectivity index (χ0) is 24.0. The van der Waals surface area contributed by atoms with Crippen LogP contribution in [0.4, 0.5) is 0 Å². The summed E-state index contributed by atoms with van der Waals surface area (Å²) in [7, 11) is -1.40. The topological polar surface area (TPSA) is 0 Å². The van der Waals surface area contributed by atoms with Gasteiger partial charge in [-0.05, 0) is 66.8 Å². The fraction of sp³-hybridized carbons (Fsp3) is 0.118. The van der Waals surface area contributed by atoms with E-state index in [1.54, 1.807) is 5.20 Å². The van der Waals surface area contributed by atoms with E-state index in [0.717, 1.165) is 6.42 Å². The summed E-state index contributed by atoms with van der Waals surface area (Å²) < 4.78 is 0. The van der Waals surface area contributed by atoms with Gasteiger partial charge in [-0.2, -0.15) is 0 Å². The summed E-state index contributed by atoms with van der Waals surface area (Å²) in [5, 5.41) is 6.61. The van der Waals surface area contributed by atoms with Crippen LogP contribution < -0.4 is 10.4 Å². The Hall–Kier alpha value is -3.68. The molecule has 0 bridgehead atoms. The molecule has 0 saturated heterocycles. The van der Waals surface area contributed by atoms with E-state index in [0.29, 0.717) is 0 Å². The highest BCUT2D eigenvalue weighted by atomic mass is 28.3. The first-order valence-electron chi connectivity index (χ1n) is 12.4. The molecule has 169 valence electrons. The van der Waals surface area contributed by atoms with Crippen molar-refractivity contribution in [3.8, 4) is 0 Å². The molecule has 0 atom stereocenters. The molecule has 35 heavy (non-hydrogen) atoms. The summed E-state index contributed by atoms with van der Waals surface area (Å²) in [6, 6.07) is 35.0. The van der Waals surface area contributed by atoms with E-state index in [2.05, 4.69) is 135 Å². The zero-order valence-electron chi connectivity index (χ0n) is 20.6. The van der Waals surface area contributed by atoms with E-state index >= 15 is 0 Å². The van der Waals surface area contributed by atoms with Gasteiger partial charge >= 0.3 is 0 Å². The number of hydrogen-bond acceptors (Lipinski definition) is 0. The van der Waals surface area contributed by atoms with Crippen molar-refractivity contribution in [2.24, 2.45) is 0 Å². The highest BCUT2D eigenvalue weighted by Crippen LogP contribution is 2.34. The fourth-order valence-corrected chi connectivity index (χ4v) is 6.69. The van der Waals surface area contributed by atoms with Gasteiger partial charge in [-0.1, -0.05) is 134 Å². The first-order valence-corrected chi connectivity index (χ1v) is 15.9. The maximum Gasteiger partial charge on any atom is 0.0772 e. The van der Waals surface area contributed by atoms with E-state index in [9.17, 15) is 0 Å². The fourth-order valence-electron chi connectivity index (χ4n) is 5.37. The standard InChI is InChI=1S/C34H29Si/c1-35(2,3)28-19-18-27(22-28)34-31(21-20-30-29-17-11-10-16-26(29)23-32(30)34)33(24-12-6-4-7-13-24)25-14-8-5-9-15-25/h4-17,19-22H,18H2,1-3H3. The van der Waals surface area contributed by atoms with Crippen molar-refractivity contribution in [3.63, 3.8) is 0 Å². The van der Waals surface area contributed by atoms with Crippen LogP contribution in [0.1, 0.15) is 28.7 Å². The summed E-state index contributed by atoms with van der Waals surface area (Å²) >= 11 is 0. The molecule has 2 aliphatic carbocycles. The molecule has 0 spiro atoms. The summed E-state index contributed by atoms with van der Waals surface area (Å²) in [6.07, 6.45) is 9.75. The number of fused-ring (bicyclic) bond motifs is 2. The Morgan fingerprint density at radius 2 is 1.31 bits per heavy atom. The predicted octanol–water partition coefficient (Wildman–Crippen LogP) is 6.83. The quantitative estimate of drug-likeness (QED) is 0.255. The molecule has 0 saturated carbocycles. The van der Waals surface area contributed by atoms with Crippen LogP contribution in [0.3, 0.4) is 0 Å². The minimum absolute atomic E-state index is 0.984. The number of benzene rings is 4. The van der Waals surface area contributed by atoms with Crippen LogP contribution in [-0.4, -0.2) is 8.07 Å². The molecule has 0 unspecified atom stereocenters. The molecule has 0 amide bonds.